The molecule has 5 heteroatoms. The maximum atomic E-state index is 12.6. The van der Waals surface area contributed by atoms with Gasteiger partial charge in [-0.25, -0.2) is 4.79 Å². The van der Waals surface area contributed by atoms with E-state index in [-0.39, 0.29) is 5.91 Å². The summed E-state index contributed by atoms with van der Waals surface area (Å²) in [6.07, 6.45) is -0.787. The number of para-hydroxylation sites is 1. The van der Waals surface area contributed by atoms with Gasteiger partial charge in [-0.1, -0.05) is 36.4 Å². The number of anilines is 1. The highest BCUT2D eigenvalue weighted by atomic mass is 16.5. The molecule has 0 spiro atoms. The van der Waals surface area contributed by atoms with Gasteiger partial charge in [0.25, 0.3) is 5.91 Å². The van der Waals surface area contributed by atoms with Crippen molar-refractivity contribution < 1.29 is 14.3 Å². The average Bonchev–Trinajstić information content (AvgIpc) is 2.68. The molecule has 2 aromatic rings. The predicted molar refractivity (Wildman–Crippen MR) is 101 cm³/mol. The van der Waals surface area contributed by atoms with Crippen LogP contribution >= 0.6 is 0 Å². The van der Waals surface area contributed by atoms with Gasteiger partial charge in [0, 0.05) is 31.9 Å². The first-order valence-corrected chi connectivity index (χ1v) is 8.91. The predicted octanol–water partition coefficient (Wildman–Crippen LogP) is 2.89. The van der Waals surface area contributed by atoms with Crippen LogP contribution in [0, 0.1) is 6.92 Å². The van der Waals surface area contributed by atoms with E-state index in [1.807, 2.05) is 37.3 Å². The van der Waals surface area contributed by atoms with Crippen LogP contribution < -0.4 is 4.90 Å². The van der Waals surface area contributed by atoms with Gasteiger partial charge in [0.05, 0.1) is 5.56 Å². The first-order chi connectivity index (χ1) is 12.6. The Kier molecular flexibility index (Phi) is 5.56. The lowest BCUT2D eigenvalue weighted by molar-refractivity contribution is -0.140. The normalized spacial score (nSPS) is 15.5. The van der Waals surface area contributed by atoms with Gasteiger partial charge >= 0.3 is 5.97 Å². The van der Waals surface area contributed by atoms with Gasteiger partial charge in [0.2, 0.25) is 0 Å². The highest BCUT2D eigenvalue weighted by Gasteiger charge is 2.27. The monoisotopic (exact) mass is 352 g/mol. The molecule has 0 radical (unpaired) electrons. The first kappa shape index (κ1) is 18.0. The third kappa shape index (κ3) is 4.04. The molecule has 0 N–H and O–H groups in total. The van der Waals surface area contributed by atoms with Crippen LogP contribution in [-0.4, -0.2) is 49.1 Å². The van der Waals surface area contributed by atoms with Crippen LogP contribution in [0.25, 0.3) is 0 Å². The van der Waals surface area contributed by atoms with Crippen molar-refractivity contribution in [1.29, 1.82) is 0 Å². The zero-order chi connectivity index (χ0) is 18.5. The maximum Gasteiger partial charge on any atom is 0.339 e. The van der Waals surface area contributed by atoms with Crippen molar-refractivity contribution in [3.63, 3.8) is 0 Å². The number of carbonyl (C=O) groups excluding carboxylic acids is 2. The van der Waals surface area contributed by atoms with E-state index in [0.29, 0.717) is 18.7 Å². The van der Waals surface area contributed by atoms with Crippen molar-refractivity contribution in [2.45, 2.75) is 20.0 Å². The Balaban J connectivity index is 1.55. The molecule has 1 heterocycles. The van der Waals surface area contributed by atoms with Crippen molar-refractivity contribution in [3.8, 4) is 0 Å². The standard InChI is InChI=1S/C21H24N2O3/c1-16-8-6-7-11-19(16)21(25)26-17(2)20(24)23-14-12-22(13-15-23)18-9-4-3-5-10-18/h3-11,17H,12-15H2,1-2H3. The third-order valence-electron chi connectivity index (χ3n) is 4.71. The first-order valence-electron chi connectivity index (χ1n) is 8.91. The van der Waals surface area contributed by atoms with E-state index in [2.05, 4.69) is 17.0 Å². The number of nitrogens with zero attached hydrogens (tertiary/aromatic N) is 2. The van der Waals surface area contributed by atoms with E-state index in [1.165, 1.54) is 5.69 Å². The molecule has 3 rings (SSSR count). The number of benzene rings is 2. The SMILES string of the molecule is Cc1ccccc1C(=O)OC(C)C(=O)N1CCN(c2ccccc2)CC1. The molecule has 1 saturated heterocycles. The Morgan fingerprint density at radius 3 is 2.19 bits per heavy atom. The van der Waals surface area contributed by atoms with E-state index in [1.54, 1.807) is 24.0 Å². The molecule has 5 nitrogen and oxygen atoms in total. The van der Waals surface area contributed by atoms with E-state index in [0.717, 1.165) is 18.7 Å². The molecule has 0 aromatic heterocycles. The topological polar surface area (TPSA) is 49.9 Å². The van der Waals surface area contributed by atoms with Crippen molar-refractivity contribution in [2.75, 3.05) is 31.1 Å². The van der Waals surface area contributed by atoms with Gasteiger partial charge in [-0.2, -0.15) is 0 Å². The summed E-state index contributed by atoms with van der Waals surface area (Å²) in [4.78, 5) is 29.0. The minimum atomic E-state index is -0.787. The van der Waals surface area contributed by atoms with Gasteiger partial charge in [0.1, 0.15) is 0 Å². The smallest absolute Gasteiger partial charge is 0.339 e. The van der Waals surface area contributed by atoms with E-state index in [4.69, 9.17) is 4.74 Å². The summed E-state index contributed by atoms with van der Waals surface area (Å²) < 4.78 is 5.40. The highest BCUT2D eigenvalue weighted by Crippen LogP contribution is 2.17. The number of hydrogen-bond acceptors (Lipinski definition) is 4. The summed E-state index contributed by atoms with van der Waals surface area (Å²) in [6.45, 7) is 6.29. The van der Waals surface area contributed by atoms with Crippen LogP contribution in [0.1, 0.15) is 22.8 Å². The molecular formula is C21H24N2O3. The number of carbonyl (C=O) groups is 2. The van der Waals surface area contributed by atoms with Crippen LogP contribution in [0.5, 0.6) is 0 Å². The lowest BCUT2D eigenvalue weighted by atomic mass is 10.1. The minimum absolute atomic E-state index is 0.139. The molecular weight excluding hydrogens is 328 g/mol. The zero-order valence-corrected chi connectivity index (χ0v) is 15.2. The van der Waals surface area contributed by atoms with Gasteiger partial charge in [-0.3, -0.25) is 4.79 Å². The average molecular weight is 352 g/mol. The largest absolute Gasteiger partial charge is 0.449 e. The molecule has 26 heavy (non-hydrogen) atoms. The van der Waals surface area contributed by atoms with Gasteiger partial charge < -0.3 is 14.5 Å². The number of esters is 1. The van der Waals surface area contributed by atoms with E-state index < -0.39 is 12.1 Å². The van der Waals surface area contributed by atoms with Crippen molar-refractivity contribution in [1.82, 2.24) is 4.90 Å². The number of amides is 1. The summed E-state index contributed by atoms with van der Waals surface area (Å²) in [7, 11) is 0. The second-order valence-electron chi connectivity index (χ2n) is 6.51. The van der Waals surface area contributed by atoms with Crippen LogP contribution in [0.4, 0.5) is 5.69 Å². The van der Waals surface area contributed by atoms with E-state index in [9.17, 15) is 9.59 Å². The molecule has 136 valence electrons. The highest BCUT2D eigenvalue weighted by molar-refractivity contribution is 5.93. The summed E-state index contributed by atoms with van der Waals surface area (Å²) in [5.41, 5.74) is 2.51. The quantitative estimate of drug-likeness (QED) is 0.794. The fourth-order valence-electron chi connectivity index (χ4n) is 3.16. The molecule has 1 fully saturated rings. The molecule has 1 aliphatic heterocycles. The van der Waals surface area contributed by atoms with Crippen LogP contribution in [0.3, 0.4) is 0 Å². The second kappa shape index (κ2) is 8.04. The molecule has 1 atom stereocenters. The fourth-order valence-corrected chi connectivity index (χ4v) is 3.16. The van der Waals surface area contributed by atoms with Gasteiger partial charge in [0.15, 0.2) is 6.10 Å². The molecule has 1 unspecified atom stereocenters. The van der Waals surface area contributed by atoms with Crippen LogP contribution in [0.2, 0.25) is 0 Å². The Labute approximate surface area is 154 Å². The number of ether oxygens (including phenoxy) is 1. The van der Waals surface area contributed by atoms with Crippen molar-refractivity contribution in [3.05, 3.63) is 65.7 Å². The minimum Gasteiger partial charge on any atom is -0.449 e. The molecule has 2 aromatic carbocycles. The molecule has 0 saturated carbocycles. The second-order valence-corrected chi connectivity index (χ2v) is 6.51. The number of hydrogen-bond donors (Lipinski definition) is 0. The van der Waals surface area contributed by atoms with E-state index >= 15 is 0 Å². The van der Waals surface area contributed by atoms with Crippen LogP contribution in [-0.2, 0) is 9.53 Å². The lowest BCUT2D eigenvalue weighted by Crippen LogP contribution is -2.51. The number of piperazine rings is 1. The maximum absolute atomic E-state index is 12.6. The number of aryl methyl sites for hydroxylation is 1. The van der Waals surface area contributed by atoms with Crippen LogP contribution in [0.15, 0.2) is 54.6 Å². The molecule has 0 bridgehead atoms. The van der Waals surface area contributed by atoms with Gasteiger partial charge in [-0.15, -0.1) is 0 Å². The third-order valence-corrected chi connectivity index (χ3v) is 4.71. The number of rotatable bonds is 4. The fraction of sp³-hybridized carbons (Fsp3) is 0.333. The molecule has 0 aliphatic carbocycles. The Bertz CT molecular complexity index is 768. The Morgan fingerprint density at radius 2 is 1.54 bits per heavy atom. The van der Waals surface area contributed by atoms with Crippen molar-refractivity contribution in [2.24, 2.45) is 0 Å². The Morgan fingerprint density at radius 1 is 0.923 bits per heavy atom. The molecule has 1 amide bonds. The zero-order valence-electron chi connectivity index (χ0n) is 15.2. The lowest BCUT2D eigenvalue weighted by Gasteiger charge is -2.37. The van der Waals surface area contributed by atoms with Gasteiger partial charge in [-0.05, 0) is 37.6 Å². The summed E-state index contributed by atoms with van der Waals surface area (Å²) in [5.74, 6) is -0.591. The molecule has 1 aliphatic rings. The summed E-state index contributed by atoms with van der Waals surface area (Å²) >= 11 is 0. The Hall–Kier alpha value is -2.82. The summed E-state index contributed by atoms with van der Waals surface area (Å²) in [6, 6.07) is 17.4. The summed E-state index contributed by atoms with van der Waals surface area (Å²) in [5, 5.41) is 0. The van der Waals surface area contributed by atoms with Crippen molar-refractivity contribution >= 4 is 17.6 Å².